The molecule has 0 saturated carbocycles. The molecule has 0 radical (unpaired) electrons. The number of aromatic nitrogens is 2. The molecule has 1 amide bonds. The molecule has 2 aromatic carbocycles. The number of rotatable bonds is 5. The Balaban J connectivity index is 1.46. The molecule has 4 aromatic rings. The maximum absolute atomic E-state index is 13.4. The smallest absolute Gasteiger partial charge is 0.263 e. The van der Waals surface area contributed by atoms with Crippen molar-refractivity contribution in [3.8, 4) is 16.9 Å². The van der Waals surface area contributed by atoms with Crippen LogP contribution in [0.3, 0.4) is 0 Å². The van der Waals surface area contributed by atoms with Gasteiger partial charge in [-0.25, -0.2) is 4.98 Å². The van der Waals surface area contributed by atoms with E-state index in [4.69, 9.17) is 4.74 Å². The molecule has 0 spiro atoms. The average Bonchev–Trinajstić information content (AvgIpc) is 3.26. The third-order valence-corrected chi connectivity index (χ3v) is 7.05. The van der Waals surface area contributed by atoms with Crippen LogP contribution in [0.25, 0.3) is 21.3 Å². The number of methoxy groups -OCH3 is 1. The van der Waals surface area contributed by atoms with Gasteiger partial charge in [-0.2, -0.15) is 0 Å². The van der Waals surface area contributed by atoms with Gasteiger partial charge in [0.1, 0.15) is 17.1 Å². The molecule has 0 bridgehead atoms. The van der Waals surface area contributed by atoms with Crippen molar-refractivity contribution in [3.05, 3.63) is 75.1 Å². The quantitative estimate of drug-likeness (QED) is 0.458. The van der Waals surface area contributed by atoms with E-state index in [9.17, 15) is 9.59 Å². The van der Waals surface area contributed by atoms with Crippen molar-refractivity contribution in [2.24, 2.45) is 0 Å². The first kappa shape index (κ1) is 21.4. The zero-order valence-electron chi connectivity index (χ0n) is 18.7. The summed E-state index contributed by atoms with van der Waals surface area (Å²) in [6.45, 7) is 1.81. The number of thiophene rings is 1. The first-order chi connectivity index (χ1) is 16.0. The minimum atomic E-state index is -0.312. The van der Waals surface area contributed by atoms with Crippen molar-refractivity contribution in [3.63, 3.8) is 0 Å². The van der Waals surface area contributed by atoms with E-state index in [1.165, 1.54) is 46.2 Å². The number of amides is 1. The predicted octanol–water partition coefficient (Wildman–Crippen LogP) is 4.96. The lowest BCUT2D eigenvalue weighted by molar-refractivity contribution is -0.116. The fourth-order valence-electron chi connectivity index (χ4n) is 4.46. The SMILES string of the molecule is COc1ccc(C)cc1NC(=O)Cn1cnc2scc(-c3ccc4c(c3)CCCC4)c2c1=O. The summed E-state index contributed by atoms with van der Waals surface area (Å²) < 4.78 is 6.70. The molecular weight excluding hydrogens is 434 g/mol. The fraction of sp³-hybridized carbons (Fsp3) is 0.269. The number of carbonyl (C=O) groups excluding carboxylic acids is 1. The van der Waals surface area contributed by atoms with Crippen LogP contribution in [0.4, 0.5) is 5.69 Å². The van der Waals surface area contributed by atoms with Crippen LogP contribution in [0.15, 0.2) is 52.9 Å². The second kappa shape index (κ2) is 8.83. The summed E-state index contributed by atoms with van der Waals surface area (Å²) in [5.74, 6) is 0.259. The third kappa shape index (κ3) is 4.16. The maximum atomic E-state index is 13.4. The number of aryl methyl sites for hydroxylation is 3. The number of anilines is 1. The van der Waals surface area contributed by atoms with Crippen LogP contribution in [-0.4, -0.2) is 22.6 Å². The van der Waals surface area contributed by atoms with E-state index in [0.717, 1.165) is 29.5 Å². The number of hydrogen-bond donors (Lipinski definition) is 1. The molecule has 0 saturated heterocycles. The first-order valence-corrected chi connectivity index (χ1v) is 11.9. The maximum Gasteiger partial charge on any atom is 0.263 e. The molecule has 0 fully saturated rings. The van der Waals surface area contributed by atoms with Crippen LogP contribution >= 0.6 is 11.3 Å². The Kier molecular flexibility index (Phi) is 5.72. The van der Waals surface area contributed by atoms with Gasteiger partial charge >= 0.3 is 0 Å². The summed E-state index contributed by atoms with van der Waals surface area (Å²) in [6.07, 6.45) is 6.09. The van der Waals surface area contributed by atoms with Gasteiger partial charge in [-0.3, -0.25) is 14.2 Å². The number of benzene rings is 2. The minimum absolute atomic E-state index is 0.127. The Morgan fingerprint density at radius 1 is 1.15 bits per heavy atom. The van der Waals surface area contributed by atoms with E-state index in [1.807, 2.05) is 24.4 Å². The number of carbonyl (C=O) groups is 1. The molecule has 2 heterocycles. The molecule has 2 aromatic heterocycles. The molecule has 1 N–H and O–H groups in total. The summed E-state index contributed by atoms with van der Waals surface area (Å²) in [7, 11) is 1.56. The topological polar surface area (TPSA) is 73.2 Å². The van der Waals surface area contributed by atoms with E-state index in [1.54, 1.807) is 13.2 Å². The van der Waals surface area contributed by atoms with Crippen molar-refractivity contribution in [2.75, 3.05) is 12.4 Å². The highest BCUT2D eigenvalue weighted by Gasteiger charge is 2.17. The molecule has 6 nitrogen and oxygen atoms in total. The molecule has 7 heteroatoms. The zero-order valence-corrected chi connectivity index (χ0v) is 19.5. The lowest BCUT2D eigenvalue weighted by atomic mass is 9.89. The lowest BCUT2D eigenvalue weighted by Crippen LogP contribution is -2.28. The number of fused-ring (bicyclic) bond motifs is 2. The molecule has 1 aliphatic rings. The summed E-state index contributed by atoms with van der Waals surface area (Å²) in [5, 5.41) is 5.41. The van der Waals surface area contributed by atoms with E-state index < -0.39 is 0 Å². The van der Waals surface area contributed by atoms with E-state index >= 15 is 0 Å². The summed E-state index contributed by atoms with van der Waals surface area (Å²) >= 11 is 1.46. The summed E-state index contributed by atoms with van der Waals surface area (Å²) in [6, 6.07) is 12.1. The number of ether oxygens (including phenoxy) is 1. The van der Waals surface area contributed by atoms with Gasteiger partial charge in [0.05, 0.1) is 24.5 Å². The Labute approximate surface area is 195 Å². The minimum Gasteiger partial charge on any atom is -0.495 e. The monoisotopic (exact) mass is 459 g/mol. The standard InChI is InChI=1S/C26H25N3O3S/c1-16-7-10-22(32-2)21(11-16)28-23(30)13-29-15-27-25-24(26(29)31)20(14-33-25)19-9-8-17-5-3-4-6-18(17)12-19/h7-12,14-15H,3-6,13H2,1-2H3,(H,28,30). The molecule has 0 aliphatic heterocycles. The highest BCUT2D eigenvalue weighted by molar-refractivity contribution is 7.17. The molecule has 0 unspecified atom stereocenters. The van der Waals surface area contributed by atoms with Gasteiger partial charge in [-0.15, -0.1) is 11.3 Å². The Hall–Kier alpha value is -3.45. The molecule has 33 heavy (non-hydrogen) atoms. The third-order valence-electron chi connectivity index (χ3n) is 6.16. The van der Waals surface area contributed by atoms with E-state index in [2.05, 4.69) is 28.5 Å². The predicted molar refractivity (Wildman–Crippen MR) is 132 cm³/mol. The normalized spacial score (nSPS) is 13.0. The van der Waals surface area contributed by atoms with Gasteiger partial charge in [0.15, 0.2) is 0 Å². The van der Waals surface area contributed by atoms with Crippen LogP contribution in [-0.2, 0) is 24.2 Å². The van der Waals surface area contributed by atoms with Crippen LogP contribution in [0.1, 0.15) is 29.5 Å². The summed E-state index contributed by atoms with van der Waals surface area (Å²) in [5.41, 5.74) is 6.06. The molecule has 0 atom stereocenters. The molecule has 1 aliphatic carbocycles. The van der Waals surface area contributed by atoms with Gasteiger partial charge in [0.2, 0.25) is 5.91 Å². The van der Waals surface area contributed by atoms with Crippen molar-refractivity contribution < 1.29 is 9.53 Å². The second-order valence-corrected chi connectivity index (χ2v) is 9.31. The lowest BCUT2D eigenvalue weighted by Gasteiger charge is -2.16. The van der Waals surface area contributed by atoms with Crippen molar-refractivity contribution in [1.82, 2.24) is 9.55 Å². The van der Waals surface area contributed by atoms with E-state index in [-0.39, 0.29) is 18.0 Å². The Morgan fingerprint density at radius 3 is 2.79 bits per heavy atom. The van der Waals surface area contributed by atoms with E-state index in [0.29, 0.717) is 21.7 Å². The number of hydrogen-bond acceptors (Lipinski definition) is 5. The van der Waals surface area contributed by atoms with Crippen LogP contribution < -0.4 is 15.6 Å². The summed E-state index contributed by atoms with van der Waals surface area (Å²) in [4.78, 5) is 31.3. The van der Waals surface area contributed by atoms with Gasteiger partial charge in [-0.1, -0.05) is 24.3 Å². The van der Waals surface area contributed by atoms with Crippen molar-refractivity contribution >= 4 is 33.1 Å². The molecule has 5 rings (SSSR count). The molecule has 168 valence electrons. The van der Waals surface area contributed by atoms with Crippen LogP contribution in [0.5, 0.6) is 5.75 Å². The average molecular weight is 460 g/mol. The largest absolute Gasteiger partial charge is 0.495 e. The van der Waals surface area contributed by atoms with Gasteiger partial charge in [-0.05, 0) is 67.0 Å². The first-order valence-electron chi connectivity index (χ1n) is 11.1. The highest BCUT2D eigenvalue weighted by atomic mass is 32.1. The second-order valence-electron chi connectivity index (χ2n) is 8.45. The number of nitrogens with one attached hydrogen (secondary N) is 1. The number of nitrogens with zero attached hydrogens (tertiary/aromatic N) is 2. The van der Waals surface area contributed by atoms with Crippen LogP contribution in [0.2, 0.25) is 0 Å². The fourth-order valence-corrected chi connectivity index (χ4v) is 5.36. The Morgan fingerprint density at radius 2 is 1.97 bits per heavy atom. The molecular formula is C26H25N3O3S. The zero-order chi connectivity index (χ0) is 22.9. The van der Waals surface area contributed by atoms with Crippen LogP contribution in [0, 0.1) is 6.92 Å². The Bertz CT molecular complexity index is 1420. The van der Waals surface area contributed by atoms with Gasteiger partial charge < -0.3 is 10.1 Å². The highest BCUT2D eigenvalue weighted by Crippen LogP contribution is 2.33. The van der Waals surface area contributed by atoms with Crippen molar-refractivity contribution in [1.29, 1.82) is 0 Å². The van der Waals surface area contributed by atoms with Gasteiger partial charge in [0.25, 0.3) is 5.56 Å². The van der Waals surface area contributed by atoms with Gasteiger partial charge in [0, 0.05) is 10.9 Å². The van der Waals surface area contributed by atoms with Crippen molar-refractivity contribution in [2.45, 2.75) is 39.2 Å².